The van der Waals surface area contributed by atoms with E-state index >= 15 is 0 Å². The van der Waals surface area contributed by atoms with E-state index in [-0.39, 0.29) is 19.1 Å². The molecule has 1 atom stereocenters. The Hall–Kier alpha value is -1.44. The Morgan fingerprint density at radius 3 is 2.43 bits per heavy atom. The standard InChI is InChI=1S/C16H24N2O4S/c1-13(15-9-10-15)17(2)23(20,21)18(12-16(19)22-3)11-14-7-5-4-6-8-14/h4-8,13,15H,9-12H2,1-3H3/t13-/m0/s1. The number of nitrogens with zero attached hydrogens (tertiary/aromatic N) is 2. The molecule has 0 radical (unpaired) electrons. The molecule has 1 fully saturated rings. The molecule has 0 heterocycles. The number of benzene rings is 1. The van der Waals surface area contributed by atoms with E-state index in [2.05, 4.69) is 4.74 Å². The summed E-state index contributed by atoms with van der Waals surface area (Å²) in [4.78, 5) is 11.7. The third-order valence-corrected chi connectivity index (χ3v) is 6.27. The van der Waals surface area contributed by atoms with Crippen LogP contribution in [0.3, 0.4) is 0 Å². The lowest BCUT2D eigenvalue weighted by molar-refractivity contribution is -0.140. The Labute approximate surface area is 138 Å². The van der Waals surface area contributed by atoms with Gasteiger partial charge in [0.25, 0.3) is 10.2 Å². The van der Waals surface area contributed by atoms with Crippen molar-refractivity contribution in [1.29, 1.82) is 0 Å². The van der Waals surface area contributed by atoms with Gasteiger partial charge in [-0.25, -0.2) is 0 Å². The minimum absolute atomic E-state index is 0.0732. The number of rotatable bonds is 8. The molecule has 0 saturated heterocycles. The van der Waals surface area contributed by atoms with Crippen LogP contribution in [0, 0.1) is 5.92 Å². The third kappa shape index (κ3) is 4.53. The molecule has 0 aromatic heterocycles. The highest BCUT2D eigenvalue weighted by Crippen LogP contribution is 2.36. The number of hydrogen-bond donors (Lipinski definition) is 0. The van der Waals surface area contributed by atoms with Gasteiger partial charge in [0, 0.05) is 19.6 Å². The molecule has 1 aliphatic rings. The van der Waals surface area contributed by atoms with Crippen molar-refractivity contribution in [1.82, 2.24) is 8.61 Å². The second-order valence-electron chi connectivity index (χ2n) is 5.93. The largest absolute Gasteiger partial charge is 0.468 e. The van der Waals surface area contributed by atoms with Gasteiger partial charge in [0.05, 0.1) is 7.11 Å². The molecule has 0 amide bonds. The Kier molecular flexibility index (Phi) is 5.78. The first-order chi connectivity index (χ1) is 10.9. The number of methoxy groups -OCH3 is 1. The highest BCUT2D eigenvalue weighted by molar-refractivity contribution is 7.86. The van der Waals surface area contributed by atoms with Gasteiger partial charge in [0.1, 0.15) is 6.54 Å². The topological polar surface area (TPSA) is 66.9 Å². The van der Waals surface area contributed by atoms with Crippen molar-refractivity contribution in [2.45, 2.75) is 32.4 Å². The van der Waals surface area contributed by atoms with Crippen molar-refractivity contribution >= 4 is 16.2 Å². The number of ether oxygens (including phenoxy) is 1. The van der Waals surface area contributed by atoms with Crippen molar-refractivity contribution in [3.63, 3.8) is 0 Å². The summed E-state index contributed by atoms with van der Waals surface area (Å²) in [5.41, 5.74) is 0.826. The van der Waals surface area contributed by atoms with E-state index in [4.69, 9.17) is 0 Å². The lowest BCUT2D eigenvalue weighted by Crippen LogP contribution is -2.47. The lowest BCUT2D eigenvalue weighted by Gasteiger charge is -2.30. The van der Waals surface area contributed by atoms with Crippen LogP contribution >= 0.6 is 0 Å². The first kappa shape index (κ1) is 17.9. The minimum Gasteiger partial charge on any atom is -0.468 e. The Morgan fingerprint density at radius 1 is 1.30 bits per heavy atom. The maximum atomic E-state index is 12.9. The minimum atomic E-state index is -3.74. The first-order valence-corrected chi connectivity index (χ1v) is 9.09. The maximum absolute atomic E-state index is 12.9. The van der Waals surface area contributed by atoms with Crippen LogP contribution in [0.2, 0.25) is 0 Å². The predicted octanol–water partition coefficient (Wildman–Crippen LogP) is 1.64. The normalized spacial score (nSPS) is 16.6. The van der Waals surface area contributed by atoms with Crippen molar-refractivity contribution in [3.05, 3.63) is 35.9 Å². The summed E-state index contributed by atoms with van der Waals surface area (Å²) in [6.07, 6.45) is 2.10. The van der Waals surface area contributed by atoms with E-state index in [1.54, 1.807) is 7.05 Å². The molecular formula is C16H24N2O4S. The highest BCUT2D eigenvalue weighted by atomic mass is 32.2. The summed E-state index contributed by atoms with van der Waals surface area (Å²) in [5, 5.41) is 0. The van der Waals surface area contributed by atoms with Crippen LogP contribution in [0.25, 0.3) is 0 Å². The second-order valence-corrected chi connectivity index (χ2v) is 7.92. The average Bonchev–Trinajstić information content (AvgIpc) is 3.38. The first-order valence-electron chi connectivity index (χ1n) is 7.70. The molecule has 6 nitrogen and oxygen atoms in total. The van der Waals surface area contributed by atoms with Gasteiger partial charge in [-0.15, -0.1) is 0 Å². The maximum Gasteiger partial charge on any atom is 0.321 e. The van der Waals surface area contributed by atoms with Crippen LogP contribution in [0.5, 0.6) is 0 Å². The summed E-state index contributed by atoms with van der Waals surface area (Å²) in [7, 11) is -0.910. The summed E-state index contributed by atoms with van der Waals surface area (Å²) < 4.78 is 33.0. The van der Waals surface area contributed by atoms with E-state index < -0.39 is 16.2 Å². The molecule has 0 spiro atoms. The van der Waals surface area contributed by atoms with Crippen LogP contribution in [0.1, 0.15) is 25.3 Å². The van der Waals surface area contributed by atoms with Crippen LogP contribution < -0.4 is 0 Å². The van der Waals surface area contributed by atoms with Crippen LogP contribution in [0.4, 0.5) is 0 Å². The number of esters is 1. The van der Waals surface area contributed by atoms with Crippen LogP contribution in [0.15, 0.2) is 30.3 Å². The summed E-state index contributed by atoms with van der Waals surface area (Å²) in [5.74, 6) is -0.163. The van der Waals surface area contributed by atoms with E-state index in [0.717, 1.165) is 18.4 Å². The molecule has 23 heavy (non-hydrogen) atoms. The molecule has 0 unspecified atom stereocenters. The molecule has 1 saturated carbocycles. The molecule has 2 rings (SSSR count). The Bertz CT molecular complexity index is 629. The average molecular weight is 340 g/mol. The quantitative estimate of drug-likeness (QED) is 0.675. The zero-order valence-corrected chi connectivity index (χ0v) is 14.6. The second kappa shape index (κ2) is 7.42. The lowest BCUT2D eigenvalue weighted by atomic mass is 10.2. The van der Waals surface area contributed by atoms with Gasteiger partial charge in [-0.3, -0.25) is 4.79 Å². The fourth-order valence-electron chi connectivity index (χ4n) is 2.48. The smallest absolute Gasteiger partial charge is 0.321 e. The fraction of sp³-hybridized carbons (Fsp3) is 0.562. The number of carbonyl (C=O) groups is 1. The monoisotopic (exact) mass is 340 g/mol. The van der Waals surface area contributed by atoms with Gasteiger partial charge < -0.3 is 4.74 Å². The van der Waals surface area contributed by atoms with Crippen molar-refractivity contribution in [2.75, 3.05) is 20.7 Å². The van der Waals surface area contributed by atoms with Gasteiger partial charge in [0.15, 0.2) is 0 Å². The molecule has 1 aromatic rings. The number of carbonyl (C=O) groups excluding carboxylic acids is 1. The summed E-state index contributed by atoms with van der Waals surface area (Å²) in [6.45, 7) is 1.75. The number of hydrogen-bond acceptors (Lipinski definition) is 4. The Morgan fingerprint density at radius 2 is 1.91 bits per heavy atom. The molecule has 0 bridgehead atoms. The van der Waals surface area contributed by atoms with Crippen molar-refractivity contribution < 1.29 is 17.9 Å². The van der Waals surface area contributed by atoms with Crippen molar-refractivity contribution in [3.8, 4) is 0 Å². The van der Waals surface area contributed by atoms with E-state index in [0.29, 0.717) is 5.92 Å². The zero-order valence-electron chi connectivity index (χ0n) is 13.8. The van der Waals surface area contributed by atoms with E-state index in [1.807, 2.05) is 37.3 Å². The summed E-state index contributed by atoms with van der Waals surface area (Å²) in [6, 6.07) is 9.15. The SMILES string of the molecule is COC(=O)CN(Cc1ccccc1)S(=O)(=O)N(C)[C@@H](C)C1CC1. The molecule has 0 N–H and O–H groups in total. The van der Waals surface area contributed by atoms with Gasteiger partial charge in [0.2, 0.25) is 0 Å². The molecule has 1 aliphatic carbocycles. The van der Waals surface area contributed by atoms with Gasteiger partial charge in [-0.05, 0) is 31.2 Å². The predicted molar refractivity (Wildman–Crippen MR) is 87.7 cm³/mol. The molecule has 128 valence electrons. The van der Waals surface area contributed by atoms with E-state index in [1.165, 1.54) is 15.7 Å². The molecule has 1 aromatic carbocycles. The van der Waals surface area contributed by atoms with Gasteiger partial charge in [-0.1, -0.05) is 30.3 Å². The highest BCUT2D eigenvalue weighted by Gasteiger charge is 2.38. The summed E-state index contributed by atoms with van der Waals surface area (Å²) >= 11 is 0. The van der Waals surface area contributed by atoms with Gasteiger partial charge in [-0.2, -0.15) is 17.0 Å². The molecular weight excluding hydrogens is 316 g/mol. The van der Waals surface area contributed by atoms with Crippen LogP contribution in [-0.2, 0) is 26.3 Å². The van der Waals surface area contributed by atoms with Crippen molar-refractivity contribution in [2.24, 2.45) is 5.92 Å². The molecule has 0 aliphatic heterocycles. The molecule has 7 heteroatoms. The van der Waals surface area contributed by atoms with Gasteiger partial charge >= 0.3 is 5.97 Å². The Balaban J connectivity index is 2.21. The fourth-order valence-corrected chi connectivity index (χ4v) is 4.02. The third-order valence-electron chi connectivity index (χ3n) is 4.30. The van der Waals surface area contributed by atoms with Crippen LogP contribution in [-0.4, -0.2) is 49.7 Å². The van der Waals surface area contributed by atoms with E-state index in [9.17, 15) is 13.2 Å². The zero-order chi connectivity index (χ0) is 17.0.